The number of benzene rings is 2. The van der Waals surface area contributed by atoms with Gasteiger partial charge in [-0.25, -0.2) is 14.0 Å². The number of ether oxygens (including phenoxy) is 1. The van der Waals surface area contributed by atoms with Crippen LogP contribution >= 0.6 is 0 Å². The SMILES string of the molecule is Cc1c(N2CCN(Cc3ccc(C(F)(F)F)o3)CC2)c(=O)n(C[C@H](NC(=O)OC(C)(C)C)c2ccccc2O)c(=O)n1Cc1c(F)cccc1C(F)(F)F. The molecule has 0 unspecified atom stereocenters. The number of phenols is 1. The van der Waals surface area contributed by atoms with E-state index in [1.54, 1.807) is 30.6 Å². The standard InChI is InChI=1S/C36H38F7N5O6/c1-21-30(46-16-14-45(15-17-46)18-22-12-13-29(53-22)36(41,42)43)31(50)48(33(52)47(21)19-24-25(35(38,39)40)9-7-10-26(24)37)20-27(23-8-5-6-11-28(23)49)44-32(51)54-34(2,3)4/h5-13,27,49H,14-20H2,1-4H3,(H,44,51)/t27-/m0/s1. The van der Waals surface area contributed by atoms with Gasteiger partial charge >= 0.3 is 24.1 Å². The number of hydrogen-bond acceptors (Lipinski definition) is 8. The predicted molar refractivity (Wildman–Crippen MR) is 182 cm³/mol. The summed E-state index contributed by atoms with van der Waals surface area (Å²) < 4.78 is 108. The zero-order chi connectivity index (χ0) is 39.7. The molecule has 0 saturated carbocycles. The van der Waals surface area contributed by atoms with Gasteiger partial charge in [0.05, 0.1) is 31.2 Å². The number of furan rings is 1. The van der Waals surface area contributed by atoms with Gasteiger partial charge in [0.15, 0.2) is 0 Å². The van der Waals surface area contributed by atoms with Crippen molar-refractivity contribution in [1.29, 1.82) is 0 Å². The summed E-state index contributed by atoms with van der Waals surface area (Å²) in [5, 5.41) is 13.3. The van der Waals surface area contributed by atoms with Crippen molar-refractivity contribution in [2.75, 3.05) is 31.1 Å². The van der Waals surface area contributed by atoms with Crippen molar-refractivity contribution in [2.24, 2.45) is 0 Å². The molecule has 1 aliphatic heterocycles. The lowest BCUT2D eigenvalue weighted by Crippen LogP contribution is -2.51. The predicted octanol–water partition coefficient (Wildman–Crippen LogP) is 6.43. The summed E-state index contributed by atoms with van der Waals surface area (Å²) in [5.74, 6) is -2.65. The highest BCUT2D eigenvalue weighted by atomic mass is 19.4. The lowest BCUT2D eigenvalue weighted by atomic mass is 10.1. The van der Waals surface area contributed by atoms with Crippen molar-refractivity contribution in [3.8, 4) is 5.75 Å². The van der Waals surface area contributed by atoms with Gasteiger partial charge in [0.25, 0.3) is 5.56 Å². The number of carbonyl (C=O) groups excluding carboxylic acids is 1. The van der Waals surface area contributed by atoms with Crippen molar-refractivity contribution in [1.82, 2.24) is 19.4 Å². The van der Waals surface area contributed by atoms with Crippen molar-refractivity contribution in [3.05, 3.63) is 115 Å². The highest BCUT2D eigenvalue weighted by molar-refractivity contribution is 5.68. The van der Waals surface area contributed by atoms with E-state index in [1.165, 1.54) is 37.3 Å². The second kappa shape index (κ2) is 15.2. The van der Waals surface area contributed by atoms with E-state index < -0.39 is 77.1 Å². The van der Waals surface area contributed by atoms with Gasteiger partial charge in [0.2, 0.25) is 5.76 Å². The molecule has 54 heavy (non-hydrogen) atoms. The quantitative estimate of drug-likeness (QED) is 0.187. The summed E-state index contributed by atoms with van der Waals surface area (Å²) in [7, 11) is 0. The van der Waals surface area contributed by atoms with E-state index >= 15 is 4.39 Å². The minimum Gasteiger partial charge on any atom is -0.508 e. The third-order valence-electron chi connectivity index (χ3n) is 8.77. The van der Waals surface area contributed by atoms with Crippen LogP contribution in [0.1, 0.15) is 60.7 Å². The van der Waals surface area contributed by atoms with Crippen molar-refractivity contribution >= 4 is 11.8 Å². The summed E-state index contributed by atoms with van der Waals surface area (Å²) >= 11 is 0. The molecule has 3 heterocycles. The summed E-state index contributed by atoms with van der Waals surface area (Å²) in [5.41, 5.74) is -5.26. The number of phenolic OH excluding ortho intramolecular Hbond substituents is 1. The van der Waals surface area contributed by atoms with Crippen LogP contribution in [0.15, 0.2) is 68.6 Å². The van der Waals surface area contributed by atoms with E-state index in [1.807, 2.05) is 0 Å². The summed E-state index contributed by atoms with van der Waals surface area (Å²) in [4.78, 5) is 44.9. The lowest BCUT2D eigenvalue weighted by molar-refractivity contribution is -0.153. The first-order chi connectivity index (χ1) is 25.1. The van der Waals surface area contributed by atoms with Crippen LogP contribution in [0.4, 0.5) is 41.2 Å². The number of alkyl halides is 6. The average Bonchev–Trinajstić information content (AvgIpc) is 3.54. The number of nitrogens with zero attached hydrogens (tertiary/aromatic N) is 4. The van der Waals surface area contributed by atoms with E-state index in [4.69, 9.17) is 9.15 Å². The number of hydrogen-bond donors (Lipinski definition) is 2. The summed E-state index contributed by atoms with van der Waals surface area (Å²) in [6.07, 6.45) is -10.6. The molecule has 1 aliphatic rings. The van der Waals surface area contributed by atoms with Gasteiger partial charge in [-0.1, -0.05) is 24.3 Å². The molecule has 5 rings (SSSR count). The zero-order valence-electron chi connectivity index (χ0n) is 29.6. The van der Waals surface area contributed by atoms with Gasteiger partial charge < -0.3 is 24.5 Å². The van der Waals surface area contributed by atoms with Crippen LogP contribution in [0.5, 0.6) is 5.75 Å². The Balaban J connectivity index is 1.58. The normalized spacial score (nSPS) is 15.0. The van der Waals surface area contributed by atoms with Gasteiger partial charge in [0, 0.05) is 43.0 Å². The minimum atomic E-state index is -5.00. The number of anilines is 1. The molecule has 11 nitrogen and oxygen atoms in total. The molecule has 0 aliphatic carbocycles. The van der Waals surface area contributed by atoms with Crippen LogP contribution in [0, 0.1) is 12.7 Å². The molecule has 0 spiro atoms. The van der Waals surface area contributed by atoms with Crippen molar-refractivity contribution < 1.29 is 49.8 Å². The number of aromatic nitrogens is 2. The van der Waals surface area contributed by atoms with Gasteiger partial charge in [-0.2, -0.15) is 26.3 Å². The molecule has 18 heteroatoms. The lowest BCUT2D eigenvalue weighted by Gasteiger charge is -2.36. The van der Waals surface area contributed by atoms with Crippen LogP contribution in [0.3, 0.4) is 0 Å². The Morgan fingerprint density at radius 3 is 2.15 bits per heavy atom. The van der Waals surface area contributed by atoms with Crippen LogP contribution in [-0.4, -0.2) is 57.0 Å². The number of aromatic hydroxyl groups is 1. The molecule has 1 saturated heterocycles. The monoisotopic (exact) mass is 769 g/mol. The first-order valence-electron chi connectivity index (χ1n) is 16.7. The first-order valence-corrected chi connectivity index (χ1v) is 16.7. The Kier molecular flexibility index (Phi) is 11.3. The Hall–Kier alpha value is -5.26. The largest absolute Gasteiger partial charge is 0.508 e. The molecule has 292 valence electrons. The molecule has 0 radical (unpaired) electrons. The fraction of sp³-hybridized carbons (Fsp3) is 0.417. The topological polar surface area (TPSA) is 122 Å². The number of rotatable bonds is 9. The zero-order valence-corrected chi connectivity index (χ0v) is 29.6. The van der Waals surface area contributed by atoms with Gasteiger partial charge in [-0.05, 0) is 58.0 Å². The number of amides is 1. The van der Waals surface area contributed by atoms with Gasteiger partial charge in [-0.15, -0.1) is 0 Å². The summed E-state index contributed by atoms with van der Waals surface area (Å²) in [6.45, 7) is 5.17. The average molecular weight is 770 g/mol. The first kappa shape index (κ1) is 39.9. The molecule has 2 aromatic heterocycles. The van der Waals surface area contributed by atoms with Crippen LogP contribution in [0.25, 0.3) is 0 Å². The number of para-hydroxylation sites is 1. The van der Waals surface area contributed by atoms with Gasteiger partial charge in [0.1, 0.15) is 28.6 Å². The van der Waals surface area contributed by atoms with E-state index in [9.17, 15) is 45.8 Å². The second-order valence-electron chi connectivity index (χ2n) is 13.8. The van der Waals surface area contributed by atoms with E-state index in [0.29, 0.717) is 10.6 Å². The fourth-order valence-corrected chi connectivity index (χ4v) is 6.24. The molecule has 4 aromatic rings. The third-order valence-corrected chi connectivity index (χ3v) is 8.77. The van der Waals surface area contributed by atoms with E-state index in [0.717, 1.165) is 22.8 Å². The molecular weight excluding hydrogens is 731 g/mol. The fourth-order valence-electron chi connectivity index (χ4n) is 6.24. The molecule has 2 N–H and O–H groups in total. The van der Waals surface area contributed by atoms with Crippen molar-refractivity contribution in [3.63, 3.8) is 0 Å². The maximum atomic E-state index is 15.1. The Labute approximate surface area is 304 Å². The number of alkyl carbamates (subject to hydrolysis) is 1. The van der Waals surface area contributed by atoms with Crippen LogP contribution in [-0.2, 0) is 36.7 Å². The van der Waals surface area contributed by atoms with E-state index in [2.05, 4.69) is 5.32 Å². The number of piperazine rings is 1. The van der Waals surface area contributed by atoms with Crippen LogP contribution < -0.4 is 21.5 Å². The maximum absolute atomic E-state index is 15.1. The molecular formula is C36H38F7N5O6. The van der Waals surface area contributed by atoms with Gasteiger partial charge in [-0.3, -0.25) is 18.8 Å². The smallest absolute Gasteiger partial charge is 0.449 e. The maximum Gasteiger partial charge on any atom is 0.449 e. The molecule has 2 aromatic carbocycles. The minimum absolute atomic E-state index is 0.0126. The number of nitrogens with one attached hydrogen (secondary N) is 1. The molecule has 1 fully saturated rings. The highest BCUT2D eigenvalue weighted by Gasteiger charge is 2.37. The Morgan fingerprint density at radius 1 is 0.889 bits per heavy atom. The molecule has 0 bridgehead atoms. The van der Waals surface area contributed by atoms with Crippen molar-refractivity contribution in [2.45, 2.75) is 71.3 Å². The second-order valence-corrected chi connectivity index (χ2v) is 13.8. The van der Waals surface area contributed by atoms with Crippen LogP contribution in [0.2, 0.25) is 0 Å². The molecule has 1 amide bonds. The Morgan fingerprint density at radius 2 is 1.56 bits per heavy atom. The molecule has 1 atom stereocenters. The summed E-state index contributed by atoms with van der Waals surface area (Å²) in [6, 6.07) is 8.88. The number of halogens is 7. The highest BCUT2D eigenvalue weighted by Crippen LogP contribution is 2.34. The third kappa shape index (κ3) is 9.09. The Bertz CT molecular complexity index is 2110. The number of carbonyl (C=O) groups is 1. The van der Waals surface area contributed by atoms with E-state index in [-0.39, 0.29) is 61.2 Å².